The lowest BCUT2D eigenvalue weighted by Crippen LogP contribution is -2.29. The highest BCUT2D eigenvalue weighted by atomic mass is 16.3. The molecule has 3 atom stereocenters. The number of aliphatic hydroxyl groups excluding tert-OH is 1. The molecule has 3 nitrogen and oxygen atoms in total. The summed E-state index contributed by atoms with van der Waals surface area (Å²) in [5.41, 5.74) is 0. The Balaban J connectivity index is 2.01. The van der Waals surface area contributed by atoms with Crippen LogP contribution >= 0.6 is 0 Å². The van der Waals surface area contributed by atoms with Crippen LogP contribution in [0.5, 0.6) is 0 Å². The summed E-state index contributed by atoms with van der Waals surface area (Å²) in [6, 6.07) is 0.236. The van der Waals surface area contributed by atoms with E-state index >= 15 is 0 Å². The largest absolute Gasteiger partial charge is 0.395 e. The van der Waals surface area contributed by atoms with E-state index in [9.17, 15) is 0 Å². The molecule has 2 N–H and O–H groups in total. The van der Waals surface area contributed by atoms with Gasteiger partial charge in [0.1, 0.15) is 0 Å². The predicted octanol–water partition coefficient (Wildman–Crippen LogP) is -1.20. The smallest absolute Gasteiger partial charge is 0.0604 e. The van der Waals surface area contributed by atoms with Crippen molar-refractivity contribution in [3.63, 3.8) is 0 Å². The number of rotatable bonds is 1. The minimum absolute atomic E-state index is 0.236. The summed E-state index contributed by atoms with van der Waals surface area (Å²) < 4.78 is 0. The van der Waals surface area contributed by atoms with E-state index in [0.717, 1.165) is 25.6 Å². The standard InChI is InChI=1S/C7H13N2O/c10-4-7-6-3-8-1-5(6)2-9-7/h5-8,10H,1-4H2. The molecule has 0 spiro atoms. The molecular formula is C7H13N2O. The maximum atomic E-state index is 8.89. The molecule has 57 valence electrons. The lowest BCUT2D eigenvalue weighted by Gasteiger charge is -2.12. The predicted molar refractivity (Wildman–Crippen MR) is 37.7 cm³/mol. The van der Waals surface area contributed by atoms with Crippen LogP contribution in [0.25, 0.3) is 0 Å². The first-order valence-electron chi connectivity index (χ1n) is 3.90. The van der Waals surface area contributed by atoms with E-state index in [1.54, 1.807) is 0 Å². The number of aliphatic hydroxyl groups is 1. The molecule has 0 saturated carbocycles. The molecule has 0 bridgehead atoms. The molecule has 2 heterocycles. The molecule has 2 aliphatic heterocycles. The summed E-state index contributed by atoms with van der Waals surface area (Å²) in [4.78, 5) is 0. The van der Waals surface area contributed by atoms with Crippen molar-refractivity contribution in [3.8, 4) is 0 Å². The van der Waals surface area contributed by atoms with E-state index in [4.69, 9.17) is 5.11 Å². The van der Waals surface area contributed by atoms with E-state index in [2.05, 4.69) is 10.6 Å². The quantitative estimate of drug-likeness (QED) is 0.482. The highest BCUT2D eigenvalue weighted by Crippen LogP contribution is 2.26. The zero-order valence-corrected chi connectivity index (χ0v) is 5.95. The maximum absolute atomic E-state index is 8.89. The Hall–Kier alpha value is -0.120. The summed E-state index contributed by atoms with van der Waals surface area (Å²) in [5.74, 6) is 1.35. The molecule has 0 aromatic carbocycles. The zero-order valence-electron chi connectivity index (χ0n) is 5.95. The van der Waals surface area contributed by atoms with Gasteiger partial charge in [-0.2, -0.15) is 0 Å². The summed E-state index contributed by atoms with van der Waals surface area (Å²) in [6.45, 7) is 3.36. The van der Waals surface area contributed by atoms with Gasteiger partial charge in [-0.15, -0.1) is 0 Å². The van der Waals surface area contributed by atoms with Gasteiger partial charge in [-0.25, -0.2) is 5.32 Å². The van der Waals surface area contributed by atoms with Crippen LogP contribution in [0.1, 0.15) is 0 Å². The third-order valence-corrected chi connectivity index (χ3v) is 2.65. The molecule has 1 radical (unpaired) electrons. The van der Waals surface area contributed by atoms with E-state index in [0.29, 0.717) is 5.92 Å². The van der Waals surface area contributed by atoms with Crippen molar-refractivity contribution in [3.05, 3.63) is 0 Å². The van der Waals surface area contributed by atoms with Crippen LogP contribution in [-0.2, 0) is 0 Å². The Morgan fingerprint density at radius 1 is 1.50 bits per heavy atom. The topological polar surface area (TPSA) is 46.4 Å². The first kappa shape index (κ1) is 6.58. The number of nitrogens with one attached hydrogen (secondary N) is 1. The monoisotopic (exact) mass is 141 g/mol. The first-order valence-corrected chi connectivity index (χ1v) is 3.90. The fourth-order valence-corrected chi connectivity index (χ4v) is 2.00. The number of hydrogen-bond acceptors (Lipinski definition) is 2. The normalized spacial score (nSPS) is 45.9. The van der Waals surface area contributed by atoms with Crippen molar-refractivity contribution < 1.29 is 5.11 Å². The van der Waals surface area contributed by atoms with Crippen molar-refractivity contribution >= 4 is 0 Å². The van der Waals surface area contributed by atoms with Gasteiger partial charge < -0.3 is 10.4 Å². The minimum atomic E-state index is 0.236. The van der Waals surface area contributed by atoms with Gasteiger partial charge in [-0.05, 0) is 24.9 Å². The van der Waals surface area contributed by atoms with Crippen LogP contribution in [0.4, 0.5) is 0 Å². The Morgan fingerprint density at radius 3 is 3.20 bits per heavy atom. The van der Waals surface area contributed by atoms with Crippen molar-refractivity contribution in [2.24, 2.45) is 11.8 Å². The van der Waals surface area contributed by atoms with Crippen LogP contribution in [0.3, 0.4) is 0 Å². The van der Waals surface area contributed by atoms with Crippen LogP contribution in [-0.4, -0.2) is 37.4 Å². The van der Waals surface area contributed by atoms with Gasteiger partial charge in [0.2, 0.25) is 0 Å². The Kier molecular flexibility index (Phi) is 1.64. The lowest BCUT2D eigenvalue weighted by molar-refractivity contribution is 0.225. The molecule has 3 heteroatoms. The van der Waals surface area contributed by atoms with Crippen molar-refractivity contribution in [2.75, 3.05) is 26.2 Å². The molecule has 2 saturated heterocycles. The zero-order chi connectivity index (χ0) is 6.97. The van der Waals surface area contributed by atoms with E-state index in [1.807, 2.05) is 0 Å². The van der Waals surface area contributed by atoms with Gasteiger partial charge in [0.25, 0.3) is 0 Å². The second-order valence-corrected chi connectivity index (χ2v) is 3.20. The summed E-state index contributed by atoms with van der Waals surface area (Å²) in [5, 5.41) is 16.6. The molecule has 0 aromatic rings. The average Bonchev–Trinajstić information content (AvgIpc) is 2.44. The summed E-state index contributed by atoms with van der Waals surface area (Å²) in [7, 11) is 0. The summed E-state index contributed by atoms with van der Waals surface area (Å²) >= 11 is 0. The summed E-state index contributed by atoms with van der Waals surface area (Å²) in [6.07, 6.45) is 0. The van der Waals surface area contributed by atoms with Crippen LogP contribution in [0.15, 0.2) is 0 Å². The number of fused-ring (bicyclic) bond motifs is 1. The molecule has 2 rings (SSSR count). The van der Waals surface area contributed by atoms with Gasteiger partial charge >= 0.3 is 0 Å². The molecule has 2 fully saturated rings. The average molecular weight is 141 g/mol. The van der Waals surface area contributed by atoms with Crippen LogP contribution < -0.4 is 10.6 Å². The minimum Gasteiger partial charge on any atom is -0.395 e. The fraction of sp³-hybridized carbons (Fsp3) is 1.00. The molecule has 0 aromatic heterocycles. The van der Waals surface area contributed by atoms with Gasteiger partial charge in [-0.3, -0.25) is 0 Å². The maximum Gasteiger partial charge on any atom is 0.0604 e. The third kappa shape index (κ3) is 0.856. The second-order valence-electron chi connectivity index (χ2n) is 3.20. The van der Waals surface area contributed by atoms with Gasteiger partial charge in [0.15, 0.2) is 0 Å². The van der Waals surface area contributed by atoms with E-state index in [1.165, 1.54) is 0 Å². The van der Waals surface area contributed by atoms with E-state index in [-0.39, 0.29) is 12.6 Å². The molecule has 3 unspecified atom stereocenters. The van der Waals surface area contributed by atoms with Crippen molar-refractivity contribution in [2.45, 2.75) is 6.04 Å². The molecule has 2 aliphatic rings. The van der Waals surface area contributed by atoms with Crippen LogP contribution in [0, 0.1) is 11.8 Å². The number of nitrogens with zero attached hydrogens (tertiary/aromatic N) is 1. The molecule has 0 aliphatic carbocycles. The van der Waals surface area contributed by atoms with Crippen molar-refractivity contribution in [1.82, 2.24) is 10.6 Å². The van der Waals surface area contributed by atoms with Crippen LogP contribution in [0.2, 0.25) is 0 Å². The SMILES string of the molecule is OCC1[N]CC2CNCC21. The Labute approximate surface area is 60.8 Å². The van der Waals surface area contributed by atoms with Gasteiger partial charge in [-0.1, -0.05) is 0 Å². The fourth-order valence-electron chi connectivity index (χ4n) is 2.00. The highest BCUT2D eigenvalue weighted by Gasteiger charge is 2.39. The van der Waals surface area contributed by atoms with Crippen molar-refractivity contribution in [1.29, 1.82) is 0 Å². The lowest BCUT2D eigenvalue weighted by atomic mass is 9.95. The molecule has 10 heavy (non-hydrogen) atoms. The second kappa shape index (κ2) is 2.49. The Bertz CT molecular complexity index is 129. The first-order chi connectivity index (χ1) is 4.92. The highest BCUT2D eigenvalue weighted by molar-refractivity contribution is 4.95. The molecular weight excluding hydrogens is 128 g/mol. The van der Waals surface area contributed by atoms with Gasteiger partial charge in [0.05, 0.1) is 12.6 Å². The van der Waals surface area contributed by atoms with E-state index < -0.39 is 0 Å². The molecule has 0 amide bonds. The number of hydrogen-bond donors (Lipinski definition) is 2. The third-order valence-electron chi connectivity index (χ3n) is 2.65. The Morgan fingerprint density at radius 2 is 2.40 bits per heavy atom. The van der Waals surface area contributed by atoms with Gasteiger partial charge in [0, 0.05) is 6.54 Å².